The highest BCUT2D eigenvalue weighted by molar-refractivity contribution is 5.85. The van der Waals surface area contributed by atoms with Gasteiger partial charge < -0.3 is 10.3 Å². The second-order valence-corrected chi connectivity index (χ2v) is 4.87. The summed E-state index contributed by atoms with van der Waals surface area (Å²) in [4.78, 5) is 15.9. The van der Waals surface area contributed by atoms with E-state index in [4.69, 9.17) is 0 Å². The van der Waals surface area contributed by atoms with E-state index in [1.165, 1.54) is 6.33 Å². The molecule has 0 fully saturated rings. The fourth-order valence-electron chi connectivity index (χ4n) is 2.29. The Morgan fingerprint density at radius 2 is 2.00 bits per heavy atom. The number of H-pyrrole nitrogens is 1. The predicted molar refractivity (Wildman–Crippen MR) is 83.3 cm³/mol. The molecule has 0 unspecified atom stereocenters. The topological polar surface area (TPSA) is 84.3 Å². The molecule has 0 bridgehead atoms. The summed E-state index contributed by atoms with van der Waals surface area (Å²) in [5.41, 5.74) is 3.39. The Labute approximate surface area is 126 Å². The predicted octanol–water partition coefficient (Wildman–Crippen LogP) is 2.59. The summed E-state index contributed by atoms with van der Waals surface area (Å²) < 4.78 is 1.81. The molecule has 0 saturated carbocycles. The van der Waals surface area contributed by atoms with Gasteiger partial charge in [0.2, 0.25) is 0 Å². The molecule has 4 rings (SSSR count). The standard InChI is InChI=1S/C15H13N7/c1-10-19-13-14(20-10)16-9-17-15(13)21-11-3-5-12(6-4-11)22-8-2-7-18-22/h2-9H,1H3,(H2,16,17,19,20,21). The van der Waals surface area contributed by atoms with Crippen molar-refractivity contribution in [2.75, 3.05) is 5.32 Å². The monoisotopic (exact) mass is 291 g/mol. The quantitative estimate of drug-likeness (QED) is 0.606. The lowest BCUT2D eigenvalue weighted by Crippen LogP contribution is -1.97. The third-order valence-electron chi connectivity index (χ3n) is 3.31. The van der Waals surface area contributed by atoms with E-state index in [2.05, 4.69) is 30.4 Å². The zero-order valence-corrected chi connectivity index (χ0v) is 11.9. The van der Waals surface area contributed by atoms with Gasteiger partial charge in [-0.2, -0.15) is 5.10 Å². The molecule has 0 saturated heterocycles. The summed E-state index contributed by atoms with van der Waals surface area (Å²) in [6.45, 7) is 1.89. The normalized spacial score (nSPS) is 11.0. The number of anilines is 2. The minimum atomic E-state index is 0.656. The van der Waals surface area contributed by atoms with Crippen molar-refractivity contribution in [2.45, 2.75) is 6.92 Å². The fraction of sp³-hybridized carbons (Fsp3) is 0.0667. The zero-order valence-electron chi connectivity index (χ0n) is 11.9. The molecule has 0 aliphatic carbocycles. The highest BCUT2D eigenvalue weighted by Crippen LogP contribution is 2.21. The number of hydrogen-bond acceptors (Lipinski definition) is 5. The Morgan fingerprint density at radius 3 is 2.77 bits per heavy atom. The fourth-order valence-corrected chi connectivity index (χ4v) is 2.29. The summed E-state index contributed by atoms with van der Waals surface area (Å²) in [6.07, 6.45) is 5.16. The van der Waals surface area contributed by atoms with Gasteiger partial charge >= 0.3 is 0 Å². The lowest BCUT2D eigenvalue weighted by atomic mass is 10.3. The smallest absolute Gasteiger partial charge is 0.183 e. The Balaban J connectivity index is 1.65. The van der Waals surface area contributed by atoms with Crippen LogP contribution < -0.4 is 5.32 Å². The number of fused-ring (bicyclic) bond motifs is 1. The van der Waals surface area contributed by atoms with Gasteiger partial charge in [-0.05, 0) is 37.3 Å². The van der Waals surface area contributed by atoms with E-state index in [9.17, 15) is 0 Å². The summed E-state index contributed by atoms with van der Waals surface area (Å²) in [7, 11) is 0. The van der Waals surface area contributed by atoms with Crippen molar-refractivity contribution in [3.05, 3.63) is 54.9 Å². The van der Waals surface area contributed by atoms with Gasteiger partial charge in [0.25, 0.3) is 0 Å². The molecule has 7 heteroatoms. The molecule has 3 aromatic heterocycles. The van der Waals surface area contributed by atoms with Gasteiger partial charge in [-0.25, -0.2) is 19.6 Å². The molecule has 108 valence electrons. The summed E-state index contributed by atoms with van der Waals surface area (Å²) in [5.74, 6) is 1.52. The minimum Gasteiger partial charge on any atom is -0.338 e. The average molecular weight is 291 g/mol. The molecule has 3 heterocycles. The van der Waals surface area contributed by atoms with Crippen molar-refractivity contribution in [1.29, 1.82) is 0 Å². The average Bonchev–Trinajstić information content (AvgIpc) is 3.17. The van der Waals surface area contributed by atoms with Crippen LogP contribution in [0.2, 0.25) is 0 Å². The van der Waals surface area contributed by atoms with Crippen LogP contribution in [0.4, 0.5) is 11.5 Å². The van der Waals surface area contributed by atoms with Crippen LogP contribution in [0.3, 0.4) is 0 Å². The van der Waals surface area contributed by atoms with E-state index in [1.807, 2.05) is 48.1 Å². The number of rotatable bonds is 3. The highest BCUT2D eigenvalue weighted by atomic mass is 15.3. The van der Waals surface area contributed by atoms with Gasteiger partial charge in [-0.3, -0.25) is 0 Å². The molecule has 1 aromatic carbocycles. The molecule has 22 heavy (non-hydrogen) atoms. The van der Waals surface area contributed by atoms with E-state index in [1.54, 1.807) is 6.20 Å². The van der Waals surface area contributed by atoms with Crippen LogP contribution in [0.5, 0.6) is 0 Å². The Hall–Kier alpha value is -3.22. The molecule has 0 aliphatic heterocycles. The van der Waals surface area contributed by atoms with Crippen molar-refractivity contribution in [2.24, 2.45) is 0 Å². The number of imidazole rings is 1. The maximum absolute atomic E-state index is 4.31. The summed E-state index contributed by atoms with van der Waals surface area (Å²) in [6, 6.07) is 9.84. The van der Waals surface area contributed by atoms with Gasteiger partial charge in [-0.15, -0.1) is 0 Å². The number of nitrogens with one attached hydrogen (secondary N) is 2. The van der Waals surface area contributed by atoms with Crippen molar-refractivity contribution < 1.29 is 0 Å². The second kappa shape index (κ2) is 4.96. The number of nitrogens with zero attached hydrogens (tertiary/aromatic N) is 5. The number of aromatic nitrogens is 6. The highest BCUT2D eigenvalue weighted by Gasteiger charge is 2.08. The van der Waals surface area contributed by atoms with Crippen molar-refractivity contribution in [1.82, 2.24) is 29.7 Å². The first-order chi connectivity index (χ1) is 10.8. The first kappa shape index (κ1) is 12.5. The number of aromatic amines is 1. The van der Waals surface area contributed by atoms with Crippen LogP contribution in [0.1, 0.15) is 5.82 Å². The summed E-state index contributed by atoms with van der Waals surface area (Å²) in [5, 5.41) is 7.49. The van der Waals surface area contributed by atoms with E-state index < -0.39 is 0 Å². The molecule has 0 spiro atoms. The van der Waals surface area contributed by atoms with E-state index in [0.29, 0.717) is 11.5 Å². The third-order valence-corrected chi connectivity index (χ3v) is 3.31. The van der Waals surface area contributed by atoms with Crippen LogP contribution in [-0.2, 0) is 0 Å². The van der Waals surface area contributed by atoms with E-state index >= 15 is 0 Å². The van der Waals surface area contributed by atoms with E-state index in [-0.39, 0.29) is 0 Å². The SMILES string of the molecule is Cc1nc2ncnc(Nc3ccc(-n4cccn4)cc3)c2[nH]1. The van der Waals surface area contributed by atoms with Crippen molar-refractivity contribution in [3.63, 3.8) is 0 Å². The second-order valence-electron chi connectivity index (χ2n) is 4.87. The Bertz CT molecular complexity index is 907. The summed E-state index contributed by atoms with van der Waals surface area (Å²) >= 11 is 0. The molecule has 0 atom stereocenters. The lowest BCUT2D eigenvalue weighted by Gasteiger charge is -2.07. The molecule has 0 amide bonds. The van der Waals surface area contributed by atoms with Gasteiger partial charge in [0, 0.05) is 18.1 Å². The third kappa shape index (κ3) is 2.18. The molecule has 4 aromatic rings. The van der Waals surface area contributed by atoms with Crippen LogP contribution >= 0.6 is 0 Å². The number of hydrogen-bond donors (Lipinski definition) is 2. The first-order valence-electron chi connectivity index (χ1n) is 6.84. The molecular weight excluding hydrogens is 278 g/mol. The van der Waals surface area contributed by atoms with Crippen molar-refractivity contribution >= 4 is 22.7 Å². The molecular formula is C15H13N7. The number of benzene rings is 1. The largest absolute Gasteiger partial charge is 0.338 e. The van der Waals surface area contributed by atoms with Gasteiger partial charge in [-0.1, -0.05) is 0 Å². The van der Waals surface area contributed by atoms with Crippen LogP contribution in [0, 0.1) is 6.92 Å². The maximum Gasteiger partial charge on any atom is 0.183 e. The molecule has 2 N–H and O–H groups in total. The van der Waals surface area contributed by atoms with Crippen LogP contribution in [-0.4, -0.2) is 29.7 Å². The van der Waals surface area contributed by atoms with Gasteiger partial charge in [0.1, 0.15) is 17.7 Å². The molecule has 0 aliphatic rings. The lowest BCUT2D eigenvalue weighted by molar-refractivity contribution is 0.881. The molecule has 7 nitrogen and oxygen atoms in total. The first-order valence-corrected chi connectivity index (χ1v) is 6.84. The Kier molecular flexibility index (Phi) is 2.82. The van der Waals surface area contributed by atoms with Crippen LogP contribution in [0.15, 0.2) is 49.1 Å². The molecule has 0 radical (unpaired) electrons. The maximum atomic E-state index is 4.31. The van der Waals surface area contributed by atoms with Gasteiger partial charge in [0.05, 0.1) is 5.69 Å². The van der Waals surface area contributed by atoms with Gasteiger partial charge in [0.15, 0.2) is 11.5 Å². The zero-order chi connectivity index (χ0) is 14.9. The Morgan fingerprint density at radius 1 is 1.14 bits per heavy atom. The van der Waals surface area contributed by atoms with Crippen LogP contribution in [0.25, 0.3) is 16.9 Å². The number of aryl methyl sites for hydroxylation is 1. The van der Waals surface area contributed by atoms with Crippen molar-refractivity contribution in [3.8, 4) is 5.69 Å². The minimum absolute atomic E-state index is 0.656. The van der Waals surface area contributed by atoms with E-state index in [0.717, 1.165) is 22.7 Å².